The van der Waals surface area contributed by atoms with Crippen LogP contribution in [-0.2, 0) is 6.54 Å². The maximum Gasteiger partial charge on any atom is 0.354 e. The molecule has 0 atom stereocenters. The molecular weight excluding hydrogens is 268 g/mol. The van der Waals surface area contributed by atoms with Gasteiger partial charge in [0, 0.05) is 35.4 Å². The summed E-state index contributed by atoms with van der Waals surface area (Å²) in [4.78, 5) is 15.1. The maximum absolute atomic E-state index is 11.2. The number of hydrogen-bond acceptors (Lipinski definition) is 3. The number of hydrogen-bond donors (Lipinski definition) is 1. The van der Waals surface area contributed by atoms with Crippen molar-refractivity contribution in [2.24, 2.45) is 0 Å². The van der Waals surface area contributed by atoms with Crippen LogP contribution in [0, 0.1) is 0 Å². The summed E-state index contributed by atoms with van der Waals surface area (Å²) in [5.41, 5.74) is 1.79. The number of nitrogens with zero attached hydrogens (tertiary/aromatic N) is 2. The van der Waals surface area contributed by atoms with E-state index in [2.05, 4.69) is 4.98 Å². The van der Waals surface area contributed by atoms with Crippen molar-refractivity contribution < 1.29 is 14.6 Å². The lowest BCUT2D eigenvalue weighted by Gasteiger charge is -2.08. The van der Waals surface area contributed by atoms with Crippen LogP contribution >= 0.6 is 0 Å². The highest BCUT2D eigenvalue weighted by Gasteiger charge is 2.12. The predicted molar refractivity (Wildman–Crippen MR) is 78.8 cm³/mol. The van der Waals surface area contributed by atoms with E-state index in [1.54, 1.807) is 19.2 Å². The molecule has 21 heavy (non-hydrogen) atoms. The van der Waals surface area contributed by atoms with Crippen molar-refractivity contribution in [1.82, 2.24) is 9.55 Å². The molecule has 5 nitrogen and oxygen atoms in total. The lowest BCUT2D eigenvalue weighted by atomic mass is 10.2. The van der Waals surface area contributed by atoms with Gasteiger partial charge in [0.1, 0.15) is 5.75 Å². The first-order chi connectivity index (χ1) is 10.2. The van der Waals surface area contributed by atoms with Crippen LogP contribution in [0.3, 0.4) is 0 Å². The number of fused-ring (bicyclic) bond motifs is 1. The van der Waals surface area contributed by atoms with Gasteiger partial charge in [0.05, 0.1) is 7.11 Å². The van der Waals surface area contributed by atoms with E-state index >= 15 is 0 Å². The largest absolute Gasteiger partial charge is 0.497 e. The summed E-state index contributed by atoms with van der Waals surface area (Å²) in [5.74, 6) is -0.211. The second kappa shape index (κ2) is 5.28. The van der Waals surface area contributed by atoms with Crippen molar-refractivity contribution >= 4 is 16.9 Å². The summed E-state index contributed by atoms with van der Waals surface area (Å²) in [6.07, 6.45) is 3.42. The van der Waals surface area contributed by atoms with E-state index in [4.69, 9.17) is 4.74 Å². The Hall–Kier alpha value is -2.82. The van der Waals surface area contributed by atoms with Gasteiger partial charge in [-0.15, -0.1) is 0 Å². The quantitative estimate of drug-likeness (QED) is 0.799. The van der Waals surface area contributed by atoms with Crippen LogP contribution in [0.4, 0.5) is 0 Å². The number of rotatable bonds is 4. The van der Waals surface area contributed by atoms with Crippen LogP contribution in [0.2, 0.25) is 0 Å². The van der Waals surface area contributed by atoms with Gasteiger partial charge in [-0.3, -0.25) is 0 Å². The third-order valence-electron chi connectivity index (χ3n) is 3.41. The lowest BCUT2D eigenvalue weighted by molar-refractivity contribution is 0.0689. The van der Waals surface area contributed by atoms with Gasteiger partial charge in [-0.05, 0) is 30.3 Å². The van der Waals surface area contributed by atoms with E-state index in [9.17, 15) is 9.90 Å². The van der Waals surface area contributed by atoms with Crippen LogP contribution in [-0.4, -0.2) is 27.7 Å². The minimum Gasteiger partial charge on any atom is -0.497 e. The molecule has 0 saturated carbocycles. The number of carboxylic acid groups (broad SMARTS) is 1. The van der Waals surface area contributed by atoms with Crippen LogP contribution < -0.4 is 4.74 Å². The van der Waals surface area contributed by atoms with E-state index in [0.29, 0.717) is 12.1 Å². The van der Waals surface area contributed by atoms with Crippen LogP contribution in [0.25, 0.3) is 10.9 Å². The fraction of sp³-hybridized carbons (Fsp3) is 0.125. The Morgan fingerprint density at radius 2 is 2.19 bits per heavy atom. The van der Waals surface area contributed by atoms with E-state index in [1.165, 1.54) is 6.20 Å². The third-order valence-corrected chi connectivity index (χ3v) is 3.41. The second-order valence-corrected chi connectivity index (χ2v) is 4.68. The summed E-state index contributed by atoms with van der Waals surface area (Å²) in [6, 6.07) is 11.3. The molecule has 0 fully saturated rings. The number of benzene rings is 1. The van der Waals surface area contributed by atoms with Crippen LogP contribution in [0.1, 0.15) is 16.1 Å². The molecule has 3 aromatic rings. The fourth-order valence-electron chi connectivity index (χ4n) is 2.39. The molecule has 0 aliphatic rings. The highest BCUT2D eigenvalue weighted by atomic mass is 16.5. The number of methoxy groups -OCH3 is 1. The third kappa shape index (κ3) is 2.45. The Kier molecular flexibility index (Phi) is 3.31. The molecule has 2 heterocycles. The number of carboxylic acids is 1. The number of aromatic carboxylic acids is 1. The molecule has 0 radical (unpaired) electrons. The predicted octanol–water partition coefficient (Wildman–Crippen LogP) is 2.79. The van der Waals surface area contributed by atoms with Crippen LogP contribution in [0.5, 0.6) is 5.75 Å². The van der Waals surface area contributed by atoms with Gasteiger partial charge in [0.2, 0.25) is 0 Å². The van der Waals surface area contributed by atoms with Crippen molar-refractivity contribution in [2.75, 3.05) is 7.11 Å². The smallest absolute Gasteiger partial charge is 0.354 e. The zero-order valence-electron chi connectivity index (χ0n) is 11.5. The monoisotopic (exact) mass is 282 g/mol. The Labute approximate surface area is 121 Å². The van der Waals surface area contributed by atoms with Gasteiger partial charge in [-0.25, -0.2) is 9.78 Å². The fourth-order valence-corrected chi connectivity index (χ4v) is 2.39. The molecule has 0 amide bonds. The molecule has 5 heteroatoms. The molecule has 1 N–H and O–H groups in total. The average Bonchev–Trinajstić information content (AvgIpc) is 2.90. The number of carbonyl (C=O) groups is 1. The first-order valence-corrected chi connectivity index (χ1v) is 6.49. The first-order valence-electron chi connectivity index (χ1n) is 6.49. The molecule has 0 aliphatic carbocycles. The van der Waals surface area contributed by atoms with E-state index in [1.807, 2.05) is 35.0 Å². The molecule has 0 spiro atoms. The summed E-state index contributed by atoms with van der Waals surface area (Å²) in [7, 11) is 1.63. The van der Waals surface area contributed by atoms with Crippen molar-refractivity contribution in [1.29, 1.82) is 0 Å². The summed E-state index contributed by atoms with van der Waals surface area (Å²) >= 11 is 0. The Bertz CT molecular complexity index is 808. The summed E-state index contributed by atoms with van der Waals surface area (Å²) in [6.45, 7) is 0.464. The highest BCUT2D eigenvalue weighted by Crippen LogP contribution is 2.23. The zero-order valence-corrected chi connectivity index (χ0v) is 11.5. The van der Waals surface area contributed by atoms with Gasteiger partial charge >= 0.3 is 5.97 Å². The van der Waals surface area contributed by atoms with Crippen molar-refractivity contribution in [3.05, 3.63) is 60.0 Å². The van der Waals surface area contributed by atoms with Crippen molar-refractivity contribution in [2.45, 2.75) is 6.54 Å². The van der Waals surface area contributed by atoms with E-state index < -0.39 is 5.97 Å². The molecule has 1 aromatic carbocycles. The highest BCUT2D eigenvalue weighted by molar-refractivity contribution is 5.87. The van der Waals surface area contributed by atoms with E-state index in [0.717, 1.165) is 16.7 Å². The van der Waals surface area contributed by atoms with E-state index in [-0.39, 0.29) is 5.69 Å². The first kappa shape index (κ1) is 13.2. The Balaban J connectivity index is 2.01. The number of aromatic nitrogens is 2. The van der Waals surface area contributed by atoms with Gasteiger partial charge in [-0.2, -0.15) is 0 Å². The Morgan fingerprint density at radius 3 is 2.95 bits per heavy atom. The second-order valence-electron chi connectivity index (χ2n) is 4.68. The molecule has 0 aliphatic heterocycles. The van der Waals surface area contributed by atoms with Gasteiger partial charge in [0.15, 0.2) is 5.69 Å². The summed E-state index contributed by atoms with van der Waals surface area (Å²) < 4.78 is 7.20. The zero-order chi connectivity index (χ0) is 14.8. The SMILES string of the molecule is COc1ccc2c(ccn2Cc2cccnc2C(=O)O)c1. The average molecular weight is 282 g/mol. The van der Waals surface area contributed by atoms with Crippen LogP contribution in [0.15, 0.2) is 48.8 Å². The topological polar surface area (TPSA) is 64.4 Å². The van der Waals surface area contributed by atoms with Gasteiger partial charge in [0.25, 0.3) is 0 Å². The lowest BCUT2D eigenvalue weighted by Crippen LogP contribution is -2.08. The molecule has 106 valence electrons. The number of ether oxygens (including phenoxy) is 1. The van der Waals surface area contributed by atoms with Gasteiger partial charge in [-0.1, -0.05) is 6.07 Å². The minimum atomic E-state index is -1.01. The molecule has 2 aromatic heterocycles. The summed E-state index contributed by atoms with van der Waals surface area (Å²) in [5, 5.41) is 10.2. The molecule has 0 unspecified atom stereocenters. The standard InChI is InChI=1S/C16H14N2O3/c1-21-13-4-5-14-11(9-13)6-8-18(14)10-12-3-2-7-17-15(12)16(19)20/h2-9H,10H2,1H3,(H,19,20). The van der Waals surface area contributed by atoms with Crippen molar-refractivity contribution in [3.63, 3.8) is 0 Å². The minimum absolute atomic E-state index is 0.0906. The maximum atomic E-state index is 11.2. The van der Waals surface area contributed by atoms with Gasteiger partial charge < -0.3 is 14.4 Å². The molecule has 3 rings (SSSR count). The van der Waals surface area contributed by atoms with Crippen molar-refractivity contribution in [3.8, 4) is 5.75 Å². The molecule has 0 saturated heterocycles. The molecular formula is C16H14N2O3. The number of pyridine rings is 1. The normalized spacial score (nSPS) is 10.7. The molecule has 0 bridgehead atoms. The Morgan fingerprint density at radius 1 is 1.33 bits per heavy atom.